The number of aromatic nitrogens is 2. The summed E-state index contributed by atoms with van der Waals surface area (Å²) in [5.41, 5.74) is 0.163. The topological polar surface area (TPSA) is 178 Å². The molecule has 18 heteroatoms. The number of piperazine rings is 1. The van der Waals surface area contributed by atoms with Crippen molar-refractivity contribution in [3.8, 4) is 22.6 Å². The van der Waals surface area contributed by atoms with Crippen molar-refractivity contribution in [3.63, 3.8) is 0 Å². The first kappa shape index (κ1) is 39.9. The number of rotatable bonds is 12. The Morgan fingerprint density at radius 1 is 1.10 bits per heavy atom. The van der Waals surface area contributed by atoms with Crippen LogP contribution in [0.2, 0.25) is 5.02 Å². The number of phenolic OH excluding ortho intramolecular Hbond substituents is 1. The molecular formula is C40H39ClF2N8O7. The van der Waals surface area contributed by atoms with Crippen molar-refractivity contribution >= 4 is 63.8 Å². The molecule has 1 atom stereocenters. The molecule has 58 heavy (non-hydrogen) atoms. The van der Waals surface area contributed by atoms with Gasteiger partial charge in [0.25, 0.3) is 5.91 Å². The molecule has 0 bridgehead atoms. The second-order valence-corrected chi connectivity index (χ2v) is 14.4. The van der Waals surface area contributed by atoms with Gasteiger partial charge in [-0.1, -0.05) is 24.2 Å². The van der Waals surface area contributed by atoms with Gasteiger partial charge >= 0.3 is 0 Å². The van der Waals surface area contributed by atoms with Crippen molar-refractivity contribution < 1.29 is 42.6 Å². The van der Waals surface area contributed by atoms with Gasteiger partial charge in [0, 0.05) is 75.7 Å². The van der Waals surface area contributed by atoms with Crippen LogP contribution in [0, 0.1) is 11.6 Å². The number of carbonyl (C=O) groups is 5. The highest BCUT2D eigenvalue weighted by molar-refractivity contribution is 6.34. The van der Waals surface area contributed by atoms with E-state index in [1.165, 1.54) is 34.1 Å². The fraction of sp³-hybridized carbons (Fsp3) is 0.325. The number of likely N-dealkylation sites (N-methyl/N-ethyl adjacent to an activating group) is 1. The number of benzene rings is 3. The van der Waals surface area contributed by atoms with E-state index in [9.17, 15) is 33.5 Å². The number of phenols is 1. The average molecular weight is 817 g/mol. The minimum absolute atomic E-state index is 0.00412. The van der Waals surface area contributed by atoms with E-state index in [1.807, 2.05) is 4.90 Å². The van der Waals surface area contributed by atoms with Crippen LogP contribution in [0.25, 0.3) is 22.0 Å². The van der Waals surface area contributed by atoms with Crippen molar-refractivity contribution in [2.75, 3.05) is 63.1 Å². The number of nitrogens with zero attached hydrogens (tertiary/aromatic N) is 6. The number of aromatic hydroxyl groups is 1. The highest BCUT2D eigenvalue weighted by Crippen LogP contribution is 2.42. The number of anilines is 2. The van der Waals surface area contributed by atoms with Crippen LogP contribution in [-0.2, 0) is 25.7 Å². The molecule has 4 heterocycles. The van der Waals surface area contributed by atoms with Gasteiger partial charge in [-0.15, -0.1) is 0 Å². The molecule has 5 amide bonds. The Kier molecular flexibility index (Phi) is 11.4. The maximum absolute atomic E-state index is 16.4. The SMILES string of the molecule is C=CC(=O)N1CCN(c2nc(NCCC(=O)N(C)CCOc3ccc4c(c3)CN(C3CCC(=O)NC3=O)C4=O)nc3c(F)c(-c4c(O)cccc4F)c(Cl)cc23)CC1. The number of ether oxygens (including phenoxy) is 1. The number of fused-ring (bicyclic) bond motifs is 2. The minimum Gasteiger partial charge on any atom is -0.507 e. The lowest BCUT2D eigenvalue weighted by molar-refractivity contribution is -0.137. The summed E-state index contributed by atoms with van der Waals surface area (Å²) in [5, 5.41) is 15.8. The van der Waals surface area contributed by atoms with E-state index >= 15 is 4.39 Å². The van der Waals surface area contributed by atoms with Crippen molar-refractivity contribution in [1.82, 2.24) is 30.0 Å². The Balaban J connectivity index is 1.01. The third kappa shape index (κ3) is 7.94. The lowest BCUT2D eigenvalue weighted by Crippen LogP contribution is -2.52. The Labute approximate surface area is 336 Å². The molecule has 3 aliphatic heterocycles. The monoisotopic (exact) mass is 816 g/mol. The van der Waals surface area contributed by atoms with E-state index in [0.717, 1.165) is 6.07 Å². The molecule has 3 N–H and O–H groups in total. The first-order valence-electron chi connectivity index (χ1n) is 18.6. The lowest BCUT2D eigenvalue weighted by atomic mass is 10.0. The number of hydrogen-bond acceptors (Lipinski definition) is 11. The fourth-order valence-corrected chi connectivity index (χ4v) is 7.58. The predicted molar refractivity (Wildman–Crippen MR) is 209 cm³/mol. The summed E-state index contributed by atoms with van der Waals surface area (Å²) in [6.07, 6.45) is 1.66. The van der Waals surface area contributed by atoms with Crippen molar-refractivity contribution in [2.45, 2.75) is 31.8 Å². The van der Waals surface area contributed by atoms with Crippen LogP contribution in [0.4, 0.5) is 20.5 Å². The number of halogens is 3. The van der Waals surface area contributed by atoms with Crippen molar-refractivity contribution in [3.05, 3.63) is 82.9 Å². The van der Waals surface area contributed by atoms with Crippen LogP contribution in [-0.4, -0.2) is 118 Å². The molecule has 0 spiro atoms. The summed E-state index contributed by atoms with van der Waals surface area (Å²) < 4.78 is 37.3. The number of amides is 5. The van der Waals surface area contributed by atoms with Gasteiger partial charge in [-0.25, -0.2) is 13.8 Å². The molecule has 3 aromatic carbocycles. The van der Waals surface area contributed by atoms with E-state index in [1.54, 1.807) is 30.1 Å². The number of imide groups is 1. The van der Waals surface area contributed by atoms with E-state index in [2.05, 4.69) is 27.2 Å². The van der Waals surface area contributed by atoms with Gasteiger partial charge in [-0.3, -0.25) is 29.3 Å². The number of piperidine rings is 1. The quantitative estimate of drug-likeness (QED) is 0.140. The van der Waals surface area contributed by atoms with Crippen LogP contribution < -0.4 is 20.3 Å². The maximum atomic E-state index is 16.4. The summed E-state index contributed by atoms with van der Waals surface area (Å²) >= 11 is 6.55. The summed E-state index contributed by atoms with van der Waals surface area (Å²) in [7, 11) is 1.62. The highest BCUT2D eigenvalue weighted by atomic mass is 35.5. The molecule has 15 nitrogen and oxygen atoms in total. The zero-order valence-electron chi connectivity index (χ0n) is 31.4. The van der Waals surface area contributed by atoms with Crippen molar-refractivity contribution in [1.29, 1.82) is 0 Å². The Morgan fingerprint density at radius 3 is 2.60 bits per heavy atom. The Morgan fingerprint density at radius 2 is 1.88 bits per heavy atom. The summed E-state index contributed by atoms with van der Waals surface area (Å²) in [4.78, 5) is 77.7. The Hall–Kier alpha value is -6.36. The van der Waals surface area contributed by atoms with Gasteiger partial charge < -0.3 is 34.8 Å². The zero-order valence-corrected chi connectivity index (χ0v) is 32.2. The second-order valence-electron chi connectivity index (χ2n) is 14.0. The number of hydrogen-bond donors (Lipinski definition) is 3. The van der Waals surface area contributed by atoms with E-state index in [0.29, 0.717) is 48.9 Å². The van der Waals surface area contributed by atoms with E-state index < -0.39 is 34.9 Å². The van der Waals surface area contributed by atoms with Crippen LogP contribution >= 0.6 is 11.6 Å². The standard InChI is InChI=1S/C40H39ClF2N8O7/c1-3-31(54)49-13-15-50(16-14-49)37-25-20-26(41)33(34-27(42)5-4-6-29(34)52)35(43)36(25)46-40(47-37)44-12-11-32(55)48(2)17-18-58-23-7-8-24-22(19-23)21-51(39(24)57)28-9-10-30(53)45-38(28)56/h3-8,19-20,28,52H,1,9-18,21H2,2H3,(H,44,46,47)(H,45,53,56). The van der Waals surface area contributed by atoms with Crippen LogP contribution in [0.1, 0.15) is 35.2 Å². The smallest absolute Gasteiger partial charge is 0.255 e. The molecule has 2 fully saturated rings. The minimum atomic E-state index is -0.979. The van der Waals surface area contributed by atoms with Gasteiger partial charge in [-0.05, 0) is 54.5 Å². The maximum Gasteiger partial charge on any atom is 0.255 e. The van der Waals surface area contributed by atoms with Crippen LogP contribution in [0.5, 0.6) is 11.5 Å². The molecule has 302 valence electrons. The predicted octanol–water partition coefficient (Wildman–Crippen LogP) is 3.87. The second kappa shape index (κ2) is 16.6. The molecule has 1 unspecified atom stereocenters. The van der Waals surface area contributed by atoms with Gasteiger partial charge in [0.15, 0.2) is 5.82 Å². The first-order chi connectivity index (χ1) is 27.8. The summed E-state index contributed by atoms with van der Waals surface area (Å²) in [6.45, 7) is 5.56. The molecular weight excluding hydrogens is 778 g/mol. The van der Waals surface area contributed by atoms with Gasteiger partial charge in [0.2, 0.25) is 29.6 Å². The molecule has 0 saturated carbocycles. The first-order valence-corrected chi connectivity index (χ1v) is 18.9. The molecule has 3 aliphatic rings. The van der Waals surface area contributed by atoms with Gasteiger partial charge in [-0.2, -0.15) is 4.98 Å². The van der Waals surface area contributed by atoms with E-state index in [-0.39, 0.29) is 96.6 Å². The third-order valence-corrected chi connectivity index (χ3v) is 10.7. The normalized spacial score (nSPS) is 16.7. The summed E-state index contributed by atoms with van der Waals surface area (Å²) in [6, 6.07) is 9.28. The van der Waals surface area contributed by atoms with Gasteiger partial charge in [0.05, 0.1) is 17.1 Å². The largest absolute Gasteiger partial charge is 0.507 e. The zero-order chi connectivity index (χ0) is 41.2. The number of carbonyl (C=O) groups excluding carboxylic acids is 5. The molecule has 0 aliphatic carbocycles. The summed E-state index contributed by atoms with van der Waals surface area (Å²) in [5.74, 6) is -3.19. The highest BCUT2D eigenvalue weighted by Gasteiger charge is 2.39. The fourth-order valence-electron chi connectivity index (χ4n) is 7.29. The van der Waals surface area contributed by atoms with Crippen LogP contribution in [0.15, 0.2) is 55.1 Å². The Bertz CT molecular complexity index is 2340. The van der Waals surface area contributed by atoms with Gasteiger partial charge in [0.1, 0.15) is 41.3 Å². The van der Waals surface area contributed by atoms with Crippen molar-refractivity contribution in [2.24, 2.45) is 0 Å². The molecule has 7 rings (SSSR count). The molecule has 4 aromatic rings. The number of nitrogens with one attached hydrogen (secondary N) is 2. The lowest BCUT2D eigenvalue weighted by Gasteiger charge is -2.35. The molecule has 2 saturated heterocycles. The average Bonchev–Trinajstić information content (AvgIpc) is 3.53. The third-order valence-electron chi connectivity index (χ3n) is 10.4. The molecule has 1 aromatic heterocycles. The van der Waals surface area contributed by atoms with Crippen LogP contribution in [0.3, 0.4) is 0 Å². The van der Waals surface area contributed by atoms with E-state index in [4.69, 9.17) is 16.3 Å². The molecule has 0 radical (unpaired) electrons.